The smallest absolute Gasteiger partial charge is 0.252 e. The monoisotopic (exact) mass is 473 g/mol. The number of fused-ring (bicyclic) bond motifs is 1. The van der Waals surface area contributed by atoms with E-state index in [0.29, 0.717) is 28.5 Å². The van der Waals surface area contributed by atoms with E-state index in [-0.39, 0.29) is 18.5 Å². The van der Waals surface area contributed by atoms with Gasteiger partial charge in [-0.3, -0.25) is 19.7 Å². The number of nitrogens with two attached hydrogens (primary N) is 1. The van der Waals surface area contributed by atoms with Gasteiger partial charge in [-0.1, -0.05) is 0 Å². The van der Waals surface area contributed by atoms with Crippen LogP contribution in [0.4, 0.5) is 5.69 Å². The van der Waals surface area contributed by atoms with E-state index in [0.717, 1.165) is 11.8 Å². The van der Waals surface area contributed by atoms with Crippen LogP contribution in [0.1, 0.15) is 10.4 Å². The van der Waals surface area contributed by atoms with Gasteiger partial charge in [-0.05, 0) is 36.4 Å². The van der Waals surface area contributed by atoms with Crippen molar-refractivity contribution >= 4 is 35.2 Å². The van der Waals surface area contributed by atoms with Crippen LogP contribution in [-0.2, 0) is 9.59 Å². The number of carbonyl (C=O) groups excluding carboxylic acids is 3. The Labute approximate surface area is 193 Å². The Hall–Kier alpha value is -3.48. The number of benzene rings is 2. The third kappa shape index (κ3) is 5.48. The Morgan fingerprint density at radius 1 is 1.18 bits per heavy atom. The van der Waals surface area contributed by atoms with Crippen molar-refractivity contribution in [3.05, 3.63) is 48.0 Å². The molecule has 6 N–H and O–H groups in total. The molecule has 2 aliphatic rings. The molecule has 12 heteroatoms. The summed E-state index contributed by atoms with van der Waals surface area (Å²) in [6, 6.07) is 10.6. The van der Waals surface area contributed by atoms with E-state index in [2.05, 4.69) is 21.3 Å². The fourth-order valence-electron chi connectivity index (χ4n) is 3.24. The third-order valence-electron chi connectivity index (χ3n) is 4.93. The zero-order valence-electron chi connectivity index (χ0n) is 17.6. The van der Waals surface area contributed by atoms with Crippen molar-refractivity contribution in [2.75, 3.05) is 25.0 Å². The van der Waals surface area contributed by atoms with Gasteiger partial charge >= 0.3 is 0 Å². The molecule has 4 rings (SSSR count). The maximum atomic E-state index is 12.5. The summed E-state index contributed by atoms with van der Waals surface area (Å²) in [5.74, 6) is 0.707. The van der Waals surface area contributed by atoms with Crippen LogP contribution < -0.4 is 41.2 Å². The standard InChI is InChI=1S/C21H23N5O6S/c1-30-13-5-2-11(3-6-13)19(28)24-17-18(22)25-21(26-20(17)29)33-9-16(27)23-12-4-7-14-15(8-12)32-10-31-14/h2-8,17-18,21,25H,9-10,22H2,1H3,(H,23,27)(H,24,28)(H,26,29). The Bertz CT molecular complexity index is 1050. The lowest BCUT2D eigenvalue weighted by atomic mass is 10.1. The molecule has 174 valence electrons. The lowest BCUT2D eigenvalue weighted by Crippen LogP contribution is -2.70. The lowest BCUT2D eigenvalue weighted by molar-refractivity contribution is -0.125. The number of carbonyl (C=O) groups is 3. The highest BCUT2D eigenvalue weighted by molar-refractivity contribution is 8.00. The van der Waals surface area contributed by atoms with E-state index in [9.17, 15) is 14.4 Å². The van der Waals surface area contributed by atoms with Gasteiger partial charge in [-0.25, -0.2) is 0 Å². The Kier molecular flexibility index (Phi) is 6.87. The molecule has 2 aromatic rings. The topological polar surface area (TPSA) is 153 Å². The number of amides is 3. The quantitative estimate of drug-likeness (QED) is 0.379. The summed E-state index contributed by atoms with van der Waals surface area (Å²) < 4.78 is 15.6. The minimum absolute atomic E-state index is 0.0575. The van der Waals surface area contributed by atoms with Crippen molar-refractivity contribution in [3.63, 3.8) is 0 Å². The number of hydrogen-bond donors (Lipinski definition) is 5. The molecule has 2 aromatic carbocycles. The third-order valence-corrected chi connectivity index (χ3v) is 5.95. The average molecular weight is 474 g/mol. The zero-order valence-corrected chi connectivity index (χ0v) is 18.4. The molecule has 33 heavy (non-hydrogen) atoms. The van der Waals surface area contributed by atoms with Crippen molar-refractivity contribution in [1.82, 2.24) is 16.0 Å². The van der Waals surface area contributed by atoms with Gasteiger partial charge in [0, 0.05) is 17.3 Å². The Balaban J connectivity index is 1.25. The highest BCUT2D eigenvalue weighted by Crippen LogP contribution is 2.34. The number of hydrogen-bond acceptors (Lipinski definition) is 9. The number of nitrogens with one attached hydrogen (secondary N) is 4. The highest BCUT2D eigenvalue weighted by Gasteiger charge is 2.35. The zero-order chi connectivity index (χ0) is 23.4. The van der Waals surface area contributed by atoms with Gasteiger partial charge in [-0.2, -0.15) is 0 Å². The Morgan fingerprint density at radius 2 is 1.94 bits per heavy atom. The van der Waals surface area contributed by atoms with E-state index in [1.54, 1.807) is 42.5 Å². The molecule has 2 aliphatic heterocycles. The SMILES string of the molecule is COc1ccc(C(=O)NC2C(=O)NC(SCC(=O)Nc3ccc4c(c3)OCO4)NC2N)cc1. The molecule has 3 unspecified atom stereocenters. The first-order chi connectivity index (χ1) is 15.9. The molecule has 3 amide bonds. The van der Waals surface area contributed by atoms with Gasteiger partial charge in [-0.15, -0.1) is 11.8 Å². The highest BCUT2D eigenvalue weighted by atomic mass is 32.2. The summed E-state index contributed by atoms with van der Waals surface area (Å²) in [5.41, 5.74) is 6.41. The van der Waals surface area contributed by atoms with Crippen LogP contribution in [0.2, 0.25) is 0 Å². The number of ether oxygens (including phenoxy) is 3. The predicted molar refractivity (Wildman–Crippen MR) is 121 cm³/mol. The van der Waals surface area contributed by atoms with Crippen LogP contribution in [0.5, 0.6) is 17.2 Å². The van der Waals surface area contributed by atoms with Crippen LogP contribution in [0.15, 0.2) is 42.5 Å². The van der Waals surface area contributed by atoms with Crippen LogP contribution >= 0.6 is 11.8 Å². The second kappa shape index (κ2) is 9.98. The summed E-state index contributed by atoms with van der Waals surface area (Å²) in [6.07, 6.45) is -0.838. The van der Waals surface area contributed by atoms with Gasteiger partial charge in [0.05, 0.1) is 19.0 Å². The summed E-state index contributed by atoms with van der Waals surface area (Å²) in [4.78, 5) is 37.3. The molecule has 0 spiro atoms. The van der Waals surface area contributed by atoms with Crippen molar-refractivity contribution < 1.29 is 28.6 Å². The summed E-state index contributed by atoms with van der Waals surface area (Å²) in [7, 11) is 1.53. The van der Waals surface area contributed by atoms with Crippen molar-refractivity contribution in [2.45, 2.75) is 17.7 Å². The minimum atomic E-state index is -0.973. The fraction of sp³-hybridized carbons (Fsp3) is 0.286. The first kappa shape index (κ1) is 22.7. The van der Waals surface area contributed by atoms with Crippen molar-refractivity contribution in [3.8, 4) is 17.2 Å². The number of rotatable bonds is 7. The molecule has 3 atom stereocenters. The van der Waals surface area contributed by atoms with Gasteiger partial charge in [0.15, 0.2) is 11.5 Å². The summed E-state index contributed by atoms with van der Waals surface area (Å²) >= 11 is 1.16. The average Bonchev–Trinajstić information content (AvgIpc) is 3.28. The molecule has 2 heterocycles. The van der Waals surface area contributed by atoms with Gasteiger partial charge in [0.1, 0.15) is 17.3 Å². The number of methoxy groups -OCH3 is 1. The molecular weight excluding hydrogens is 450 g/mol. The predicted octanol–water partition coefficient (Wildman–Crippen LogP) is 0.182. The largest absolute Gasteiger partial charge is 0.497 e. The fourth-order valence-corrected chi connectivity index (χ4v) is 4.08. The van der Waals surface area contributed by atoms with E-state index in [4.69, 9.17) is 19.9 Å². The minimum Gasteiger partial charge on any atom is -0.497 e. The first-order valence-corrected chi connectivity index (χ1v) is 11.1. The maximum absolute atomic E-state index is 12.5. The van der Waals surface area contributed by atoms with Crippen LogP contribution in [0, 0.1) is 0 Å². The summed E-state index contributed by atoms with van der Waals surface area (Å²) in [5, 5.41) is 11.1. The van der Waals surface area contributed by atoms with E-state index in [1.165, 1.54) is 7.11 Å². The summed E-state index contributed by atoms with van der Waals surface area (Å²) in [6.45, 7) is 0.150. The lowest BCUT2D eigenvalue weighted by Gasteiger charge is -2.35. The molecule has 1 saturated heterocycles. The van der Waals surface area contributed by atoms with E-state index < -0.39 is 29.5 Å². The molecule has 0 aromatic heterocycles. The van der Waals surface area contributed by atoms with Gasteiger partial charge in [0.25, 0.3) is 5.91 Å². The van der Waals surface area contributed by atoms with Crippen LogP contribution in [0.25, 0.3) is 0 Å². The molecule has 11 nitrogen and oxygen atoms in total. The first-order valence-electron chi connectivity index (χ1n) is 10.0. The van der Waals surface area contributed by atoms with Crippen LogP contribution in [0.3, 0.4) is 0 Å². The number of thioether (sulfide) groups is 1. The molecule has 0 radical (unpaired) electrons. The second-order valence-corrected chi connectivity index (χ2v) is 8.28. The van der Waals surface area contributed by atoms with E-state index >= 15 is 0 Å². The molecule has 0 saturated carbocycles. The number of anilines is 1. The van der Waals surface area contributed by atoms with Crippen molar-refractivity contribution in [1.29, 1.82) is 0 Å². The molecular formula is C21H23N5O6S. The Morgan fingerprint density at radius 3 is 2.67 bits per heavy atom. The molecule has 0 bridgehead atoms. The second-order valence-electron chi connectivity index (χ2n) is 7.19. The normalized spacial score (nSPS) is 21.2. The maximum Gasteiger partial charge on any atom is 0.252 e. The molecule has 0 aliphatic carbocycles. The van der Waals surface area contributed by atoms with Crippen molar-refractivity contribution in [2.24, 2.45) is 5.73 Å². The van der Waals surface area contributed by atoms with Gasteiger partial charge < -0.3 is 35.9 Å². The molecule has 1 fully saturated rings. The van der Waals surface area contributed by atoms with Gasteiger partial charge in [0.2, 0.25) is 18.6 Å². The van der Waals surface area contributed by atoms with E-state index in [1.807, 2.05) is 0 Å². The van der Waals surface area contributed by atoms with Crippen LogP contribution in [-0.4, -0.2) is 55.1 Å².